The predicted molar refractivity (Wildman–Crippen MR) is 91.4 cm³/mol. The number of amides is 1. The lowest BCUT2D eigenvalue weighted by molar-refractivity contribution is -0.119. The Labute approximate surface area is 135 Å². The summed E-state index contributed by atoms with van der Waals surface area (Å²) in [5.41, 5.74) is 0.0978. The van der Waals surface area contributed by atoms with E-state index in [2.05, 4.69) is 4.98 Å². The second-order valence-corrected chi connectivity index (χ2v) is 7.10. The van der Waals surface area contributed by atoms with Crippen molar-refractivity contribution < 1.29 is 9.90 Å². The molecule has 2 aromatic rings. The first-order valence-electron chi connectivity index (χ1n) is 7.37. The topological polar surface area (TPSA) is 56.7 Å². The molecule has 0 saturated heterocycles. The molecule has 0 atom stereocenters. The van der Waals surface area contributed by atoms with Crippen molar-refractivity contribution in [2.45, 2.75) is 26.4 Å². The minimum Gasteiger partial charge on any atom is -0.389 e. The fraction of sp³-hybridized carbons (Fsp3) is 0.500. The van der Waals surface area contributed by atoms with Crippen molar-refractivity contribution in [2.75, 3.05) is 31.6 Å². The lowest BCUT2D eigenvalue weighted by atomic mass is 10.1. The first kappa shape index (κ1) is 16.9. The molecule has 0 aliphatic heterocycles. The molecule has 1 N–H and O–H groups in total. The van der Waals surface area contributed by atoms with E-state index >= 15 is 0 Å². The van der Waals surface area contributed by atoms with Crippen LogP contribution in [-0.2, 0) is 4.79 Å². The van der Waals surface area contributed by atoms with E-state index in [4.69, 9.17) is 0 Å². The molecule has 1 heterocycles. The second kappa shape index (κ2) is 6.73. The molecule has 0 aliphatic rings. The van der Waals surface area contributed by atoms with Crippen LogP contribution in [0.1, 0.15) is 20.8 Å². The summed E-state index contributed by atoms with van der Waals surface area (Å²) in [7, 11) is 1.84. The standard InChI is InChI=1S/C16H23N3O2S/c1-5-19(14(20)10-18(4)11-16(2,3)21)15-17-12-8-6-7-9-13(12)22-15/h6-9,21H,5,10-11H2,1-4H3. The molecular weight excluding hydrogens is 298 g/mol. The van der Waals surface area contributed by atoms with Crippen LogP contribution in [0.25, 0.3) is 10.2 Å². The number of nitrogens with zero attached hydrogens (tertiary/aromatic N) is 3. The number of benzene rings is 1. The smallest absolute Gasteiger partial charge is 0.242 e. The molecule has 6 heteroatoms. The van der Waals surface area contributed by atoms with Gasteiger partial charge >= 0.3 is 0 Å². The highest BCUT2D eigenvalue weighted by Gasteiger charge is 2.22. The van der Waals surface area contributed by atoms with E-state index in [9.17, 15) is 9.90 Å². The number of rotatable bonds is 6. The summed E-state index contributed by atoms with van der Waals surface area (Å²) < 4.78 is 1.08. The summed E-state index contributed by atoms with van der Waals surface area (Å²) in [5.74, 6) is -0.00620. The average molecular weight is 321 g/mol. The molecule has 0 unspecified atom stereocenters. The molecule has 1 aromatic heterocycles. The quantitative estimate of drug-likeness (QED) is 0.887. The number of carbonyl (C=O) groups is 1. The van der Waals surface area contributed by atoms with Crippen LogP contribution in [0.5, 0.6) is 0 Å². The third kappa shape index (κ3) is 4.25. The first-order chi connectivity index (χ1) is 10.3. The Morgan fingerprint density at radius 2 is 2.05 bits per heavy atom. The Hall–Kier alpha value is -1.50. The van der Waals surface area contributed by atoms with Gasteiger partial charge in [-0.25, -0.2) is 4.98 Å². The molecule has 1 amide bonds. The largest absolute Gasteiger partial charge is 0.389 e. The van der Waals surface area contributed by atoms with Gasteiger partial charge in [0, 0.05) is 13.1 Å². The summed E-state index contributed by atoms with van der Waals surface area (Å²) in [6.07, 6.45) is 0. The van der Waals surface area contributed by atoms with Crippen molar-refractivity contribution in [3.05, 3.63) is 24.3 Å². The van der Waals surface area contributed by atoms with Gasteiger partial charge in [-0.2, -0.15) is 0 Å². The number of para-hydroxylation sites is 1. The highest BCUT2D eigenvalue weighted by Crippen LogP contribution is 2.28. The van der Waals surface area contributed by atoms with Gasteiger partial charge in [0.25, 0.3) is 0 Å². The van der Waals surface area contributed by atoms with Crippen LogP contribution < -0.4 is 4.90 Å². The number of hydrogen-bond donors (Lipinski definition) is 1. The maximum absolute atomic E-state index is 12.5. The molecule has 120 valence electrons. The number of carbonyl (C=O) groups excluding carboxylic acids is 1. The predicted octanol–water partition coefficient (Wildman–Crippen LogP) is 2.35. The Morgan fingerprint density at radius 1 is 1.36 bits per heavy atom. The molecule has 0 saturated carbocycles. The molecule has 0 bridgehead atoms. The zero-order valence-electron chi connectivity index (χ0n) is 13.5. The Bertz CT molecular complexity index is 615. The number of anilines is 1. The van der Waals surface area contributed by atoms with E-state index < -0.39 is 5.60 Å². The molecule has 2 rings (SSSR count). The van der Waals surface area contributed by atoms with Gasteiger partial charge in [-0.3, -0.25) is 14.6 Å². The number of likely N-dealkylation sites (N-methyl/N-ethyl adjacent to an activating group) is 2. The van der Waals surface area contributed by atoms with E-state index in [1.165, 1.54) is 11.3 Å². The maximum atomic E-state index is 12.5. The third-order valence-electron chi connectivity index (χ3n) is 3.19. The van der Waals surface area contributed by atoms with Gasteiger partial charge < -0.3 is 5.11 Å². The Kier molecular flexibility index (Phi) is 5.16. The molecule has 5 nitrogen and oxygen atoms in total. The molecule has 0 radical (unpaired) electrons. The van der Waals surface area contributed by atoms with Gasteiger partial charge in [0.1, 0.15) is 0 Å². The molecule has 0 aliphatic carbocycles. The molecule has 1 aromatic carbocycles. The summed E-state index contributed by atoms with van der Waals surface area (Å²) in [6.45, 7) is 6.69. The normalized spacial score (nSPS) is 12.1. The van der Waals surface area contributed by atoms with Crippen molar-refractivity contribution in [3.63, 3.8) is 0 Å². The summed E-state index contributed by atoms with van der Waals surface area (Å²) >= 11 is 1.52. The van der Waals surface area contributed by atoms with E-state index in [0.29, 0.717) is 13.1 Å². The van der Waals surface area contributed by atoms with Crippen molar-refractivity contribution in [2.24, 2.45) is 0 Å². The van der Waals surface area contributed by atoms with Gasteiger partial charge in [0.2, 0.25) is 5.91 Å². The van der Waals surface area contributed by atoms with Crippen LogP contribution >= 0.6 is 11.3 Å². The molecular formula is C16H23N3O2S. The zero-order valence-corrected chi connectivity index (χ0v) is 14.4. The van der Waals surface area contributed by atoms with Crippen LogP contribution in [0.4, 0.5) is 5.13 Å². The number of aliphatic hydroxyl groups is 1. The minimum atomic E-state index is -0.818. The van der Waals surface area contributed by atoms with E-state index in [0.717, 1.165) is 15.3 Å². The fourth-order valence-corrected chi connectivity index (χ4v) is 3.47. The van der Waals surface area contributed by atoms with E-state index in [1.807, 2.05) is 43.1 Å². The van der Waals surface area contributed by atoms with E-state index in [1.54, 1.807) is 18.7 Å². The van der Waals surface area contributed by atoms with Gasteiger partial charge in [0.15, 0.2) is 5.13 Å². The lowest BCUT2D eigenvalue weighted by Gasteiger charge is -2.27. The van der Waals surface area contributed by atoms with Gasteiger partial charge in [-0.1, -0.05) is 23.5 Å². The van der Waals surface area contributed by atoms with Gasteiger partial charge in [0.05, 0.1) is 22.4 Å². The Balaban J connectivity index is 2.11. The SMILES string of the molecule is CCN(C(=O)CN(C)CC(C)(C)O)c1nc2ccccc2s1. The van der Waals surface area contributed by atoms with Crippen molar-refractivity contribution >= 4 is 32.6 Å². The van der Waals surface area contributed by atoms with Crippen LogP contribution in [0, 0.1) is 0 Å². The van der Waals surface area contributed by atoms with Crippen LogP contribution in [0.2, 0.25) is 0 Å². The minimum absolute atomic E-state index is 0.00620. The van der Waals surface area contributed by atoms with Crippen molar-refractivity contribution in [1.29, 1.82) is 0 Å². The zero-order chi connectivity index (χ0) is 16.3. The highest BCUT2D eigenvalue weighted by atomic mass is 32.1. The fourth-order valence-electron chi connectivity index (χ4n) is 2.43. The number of aromatic nitrogens is 1. The molecule has 22 heavy (non-hydrogen) atoms. The number of hydrogen-bond acceptors (Lipinski definition) is 5. The second-order valence-electron chi connectivity index (χ2n) is 6.09. The van der Waals surface area contributed by atoms with Gasteiger partial charge in [-0.15, -0.1) is 0 Å². The van der Waals surface area contributed by atoms with Crippen molar-refractivity contribution in [1.82, 2.24) is 9.88 Å². The first-order valence-corrected chi connectivity index (χ1v) is 8.18. The monoisotopic (exact) mass is 321 g/mol. The molecule has 0 fully saturated rings. The molecule has 0 spiro atoms. The lowest BCUT2D eigenvalue weighted by Crippen LogP contribution is -2.43. The van der Waals surface area contributed by atoms with Crippen LogP contribution in [0.3, 0.4) is 0 Å². The van der Waals surface area contributed by atoms with Crippen LogP contribution in [-0.4, -0.2) is 53.2 Å². The Morgan fingerprint density at radius 3 is 2.64 bits per heavy atom. The summed E-state index contributed by atoms with van der Waals surface area (Å²) in [5, 5.41) is 10.6. The maximum Gasteiger partial charge on any atom is 0.242 e. The van der Waals surface area contributed by atoms with Crippen LogP contribution in [0.15, 0.2) is 24.3 Å². The summed E-state index contributed by atoms with van der Waals surface area (Å²) in [6, 6.07) is 7.88. The summed E-state index contributed by atoms with van der Waals surface area (Å²) in [4.78, 5) is 20.6. The highest BCUT2D eigenvalue weighted by molar-refractivity contribution is 7.22. The number of fused-ring (bicyclic) bond motifs is 1. The van der Waals surface area contributed by atoms with E-state index in [-0.39, 0.29) is 12.5 Å². The van der Waals surface area contributed by atoms with Crippen molar-refractivity contribution in [3.8, 4) is 0 Å². The average Bonchev–Trinajstić information content (AvgIpc) is 2.80. The third-order valence-corrected chi connectivity index (χ3v) is 4.25. The van der Waals surface area contributed by atoms with Gasteiger partial charge in [-0.05, 0) is 40.0 Å². The number of thiazole rings is 1.